The fraction of sp³-hybridized carbons (Fsp3) is 0.167. The third-order valence-corrected chi connectivity index (χ3v) is 4.63. The van der Waals surface area contributed by atoms with Crippen molar-refractivity contribution < 1.29 is 19.1 Å². The monoisotopic (exact) mass is 404 g/mol. The molecule has 0 spiro atoms. The second-order valence-corrected chi connectivity index (χ2v) is 6.59. The van der Waals surface area contributed by atoms with E-state index < -0.39 is 5.92 Å². The SMILES string of the molecule is COc1ccc(OC)c(NC(=O)CNC(=O)C(c2ccccc2)c2ccccc2)c1. The maximum absolute atomic E-state index is 13.0. The summed E-state index contributed by atoms with van der Waals surface area (Å²) in [4.78, 5) is 25.4. The molecule has 6 heteroatoms. The van der Waals surface area contributed by atoms with Crippen LogP contribution in [0.15, 0.2) is 78.9 Å². The first-order valence-corrected chi connectivity index (χ1v) is 9.52. The van der Waals surface area contributed by atoms with Crippen molar-refractivity contribution in [3.8, 4) is 11.5 Å². The van der Waals surface area contributed by atoms with E-state index >= 15 is 0 Å². The average molecular weight is 404 g/mol. The molecule has 2 N–H and O–H groups in total. The number of hydrogen-bond acceptors (Lipinski definition) is 4. The van der Waals surface area contributed by atoms with Gasteiger partial charge in [-0.15, -0.1) is 0 Å². The highest BCUT2D eigenvalue weighted by Gasteiger charge is 2.23. The lowest BCUT2D eigenvalue weighted by Gasteiger charge is -2.18. The maximum Gasteiger partial charge on any atom is 0.243 e. The van der Waals surface area contributed by atoms with Gasteiger partial charge in [-0.3, -0.25) is 9.59 Å². The Balaban J connectivity index is 1.71. The molecule has 0 fully saturated rings. The molecule has 30 heavy (non-hydrogen) atoms. The zero-order chi connectivity index (χ0) is 21.3. The van der Waals surface area contributed by atoms with Crippen LogP contribution in [0.3, 0.4) is 0 Å². The first-order valence-electron chi connectivity index (χ1n) is 9.52. The van der Waals surface area contributed by atoms with Crippen LogP contribution in [-0.4, -0.2) is 32.6 Å². The average Bonchev–Trinajstić information content (AvgIpc) is 2.79. The van der Waals surface area contributed by atoms with Gasteiger partial charge in [0, 0.05) is 6.07 Å². The van der Waals surface area contributed by atoms with E-state index in [2.05, 4.69) is 10.6 Å². The lowest BCUT2D eigenvalue weighted by atomic mass is 9.90. The predicted molar refractivity (Wildman–Crippen MR) is 116 cm³/mol. The Labute approximate surface area is 175 Å². The van der Waals surface area contributed by atoms with Gasteiger partial charge < -0.3 is 20.1 Å². The number of anilines is 1. The summed E-state index contributed by atoms with van der Waals surface area (Å²) in [5, 5.41) is 5.49. The minimum absolute atomic E-state index is 0.171. The summed E-state index contributed by atoms with van der Waals surface area (Å²) in [5.41, 5.74) is 2.19. The molecule has 0 saturated heterocycles. The first kappa shape index (κ1) is 20.9. The lowest BCUT2D eigenvalue weighted by Crippen LogP contribution is -2.36. The molecule has 0 saturated carbocycles. The number of methoxy groups -OCH3 is 2. The van der Waals surface area contributed by atoms with Crippen LogP contribution in [0.4, 0.5) is 5.69 Å². The van der Waals surface area contributed by atoms with Gasteiger partial charge in [-0.2, -0.15) is 0 Å². The molecule has 0 radical (unpaired) electrons. The third-order valence-electron chi connectivity index (χ3n) is 4.63. The van der Waals surface area contributed by atoms with Crippen molar-refractivity contribution in [2.45, 2.75) is 5.92 Å². The number of hydrogen-bond donors (Lipinski definition) is 2. The van der Waals surface area contributed by atoms with Gasteiger partial charge in [-0.05, 0) is 23.3 Å². The molecule has 0 bridgehead atoms. The highest BCUT2D eigenvalue weighted by atomic mass is 16.5. The number of rotatable bonds is 8. The Bertz CT molecular complexity index is 951. The predicted octanol–water partition coefficient (Wildman–Crippen LogP) is 3.59. The normalized spacial score (nSPS) is 10.4. The van der Waals surface area contributed by atoms with E-state index in [-0.39, 0.29) is 18.4 Å². The van der Waals surface area contributed by atoms with Gasteiger partial charge >= 0.3 is 0 Å². The van der Waals surface area contributed by atoms with Gasteiger partial charge in [0.15, 0.2) is 0 Å². The van der Waals surface area contributed by atoms with Crippen LogP contribution < -0.4 is 20.1 Å². The van der Waals surface area contributed by atoms with E-state index in [9.17, 15) is 9.59 Å². The summed E-state index contributed by atoms with van der Waals surface area (Å²) >= 11 is 0. The van der Waals surface area contributed by atoms with Gasteiger partial charge in [0.25, 0.3) is 0 Å². The Morgan fingerprint density at radius 3 is 1.97 bits per heavy atom. The van der Waals surface area contributed by atoms with Gasteiger partial charge in [0.05, 0.1) is 32.4 Å². The second-order valence-electron chi connectivity index (χ2n) is 6.59. The van der Waals surface area contributed by atoms with Crippen molar-refractivity contribution in [1.29, 1.82) is 0 Å². The fourth-order valence-corrected chi connectivity index (χ4v) is 3.16. The van der Waals surface area contributed by atoms with Crippen LogP contribution in [-0.2, 0) is 9.59 Å². The molecule has 3 rings (SSSR count). The fourth-order valence-electron chi connectivity index (χ4n) is 3.16. The van der Waals surface area contributed by atoms with Crippen LogP contribution >= 0.6 is 0 Å². The summed E-state index contributed by atoms with van der Waals surface area (Å²) in [6.45, 7) is -0.171. The van der Waals surface area contributed by atoms with Gasteiger partial charge in [0.2, 0.25) is 11.8 Å². The molecule has 0 aromatic heterocycles. The second kappa shape index (κ2) is 10.1. The van der Waals surface area contributed by atoms with E-state index in [0.717, 1.165) is 11.1 Å². The molecule has 0 aliphatic rings. The van der Waals surface area contributed by atoms with Gasteiger partial charge in [-0.25, -0.2) is 0 Å². The first-order chi connectivity index (χ1) is 14.6. The van der Waals surface area contributed by atoms with E-state index in [4.69, 9.17) is 9.47 Å². The molecule has 6 nitrogen and oxygen atoms in total. The highest BCUT2D eigenvalue weighted by Crippen LogP contribution is 2.29. The van der Waals surface area contributed by atoms with Gasteiger partial charge in [-0.1, -0.05) is 60.7 Å². The van der Waals surface area contributed by atoms with Crippen LogP contribution in [0.1, 0.15) is 17.0 Å². The number of amides is 2. The topological polar surface area (TPSA) is 76.7 Å². The number of nitrogens with one attached hydrogen (secondary N) is 2. The highest BCUT2D eigenvalue weighted by molar-refractivity contribution is 5.97. The molecule has 2 amide bonds. The molecule has 154 valence electrons. The molecule has 0 heterocycles. The number of carbonyl (C=O) groups is 2. The minimum atomic E-state index is -0.508. The number of benzene rings is 3. The third kappa shape index (κ3) is 5.17. The summed E-state index contributed by atoms with van der Waals surface area (Å²) in [6, 6.07) is 24.1. The standard InChI is InChI=1S/C24H24N2O4/c1-29-19-13-14-21(30-2)20(15-19)26-22(27)16-25-24(28)23(17-9-5-3-6-10-17)18-11-7-4-8-12-18/h3-15,23H,16H2,1-2H3,(H,25,28)(H,26,27). The maximum atomic E-state index is 13.0. The summed E-state index contributed by atoms with van der Waals surface area (Å²) in [5.74, 6) is -0.0354. The molecule has 0 aliphatic heterocycles. The van der Waals surface area contributed by atoms with Crippen molar-refractivity contribution in [1.82, 2.24) is 5.32 Å². The van der Waals surface area contributed by atoms with Crippen LogP contribution in [0.5, 0.6) is 11.5 Å². The number of ether oxygens (including phenoxy) is 2. The largest absolute Gasteiger partial charge is 0.497 e. The van der Waals surface area contributed by atoms with E-state index in [0.29, 0.717) is 17.2 Å². The van der Waals surface area contributed by atoms with Crippen molar-refractivity contribution in [2.24, 2.45) is 0 Å². The van der Waals surface area contributed by atoms with Gasteiger partial charge in [0.1, 0.15) is 11.5 Å². The number of carbonyl (C=O) groups excluding carboxylic acids is 2. The Morgan fingerprint density at radius 1 is 0.833 bits per heavy atom. The van der Waals surface area contributed by atoms with Crippen LogP contribution in [0.2, 0.25) is 0 Å². The van der Waals surface area contributed by atoms with E-state index in [1.807, 2.05) is 60.7 Å². The van der Waals surface area contributed by atoms with Crippen LogP contribution in [0.25, 0.3) is 0 Å². The zero-order valence-corrected chi connectivity index (χ0v) is 16.9. The van der Waals surface area contributed by atoms with E-state index in [1.165, 1.54) is 7.11 Å². The lowest BCUT2D eigenvalue weighted by molar-refractivity contribution is -0.124. The summed E-state index contributed by atoms with van der Waals surface area (Å²) < 4.78 is 10.5. The molecule has 0 atom stereocenters. The van der Waals surface area contributed by atoms with Crippen molar-refractivity contribution in [3.05, 3.63) is 90.0 Å². The van der Waals surface area contributed by atoms with Crippen molar-refractivity contribution >= 4 is 17.5 Å². The quantitative estimate of drug-likeness (QED) is 0.602. The molecule has 3 aromatic rings. The van der Waals surface area contributed by atoms with Crippen LogP contribution in [0, 0.1) is 0 Å². The van der Waals surface area contributed by atoms with E-state index in [1.54, 1.807) is 25.3 Å². The molecular weight excluding hydrogens is 380 g/mol. The molecule has 0 unspecified atom stereocenters. The van der Waals surface area contributed by atoms with Crippen molar-refractivity contribution in [2.75, 3.05) is 26.1 Å². The molecule has 0 aliphatic carbocycles. The summed E-state index contributed by atoms with van der Waals surface area (Å²) in [7, 11) is 3.06. The minimum Gasteiger partial charge on any atom is -0.497 e. The van der Waals surface area contributed by atoms with Crippen molar-refractivity contribution in [3.63, 3.8) is 0 Å². The molecular formula is C24H24N2O4. The Morgan fingerprint density at radius 2 is 1.43 bits per heavy atom. The Kier molecular flexibility index (Phi) is 7.05. The smallest absolute Gasteiger partial charge is 0.243 e. The zero-order valence-electron chi connectivity index (χ0n) is 16.9. The Hall–Kier alpha value is -3.80. The summed E-state index contributed by atoms with van der Waals surface area (Å²) in [6.07, 6.45) is 0. The molecule has 3 aromatic carbocycles.